The third kappa shape index (κ3) is 4.70. The molecule has 2 aromatic rings. The van der Waals surface area contributed by atoms with Crippen molar-refractivity contribution in [2.75, 3.05) is 19.5 Å². The summed E-state index contributed by atoms with van der Waals surface area (Å²) in [7, 11) is 3.10. The van der Waals surface area contributed by atoms with E-state index in [9.17, 15) is 9.90 Å². The van der Waals surface area contributed by atoms with Gasteiger partial charge in [-0.1, -0.05) is 0 Å². The summed E-state index contributed by atoms with van der Waals surface area (Å²) in [5.74, 6) is 1.02. The predicted molar refractivity (Wildman–Crippen MR) is 91.3 cm³/mol. The number of methoxy groups -OCH3 is 2. The number of carbonyl (C=O) groups is 1. The first-order valence-corrected chi connectivity index (χ1v) is 7.66. The number of aliphatic hydroxyl groups is 1. The molecule has 1 heterocycles. The van der Waals surface area contributed by atoms with Crippen molar-refractivity contribution in [3.63, 3.8) is 0 Å². The zero-order valence-electron chi connectivity index (χ0n) is 14.1. The second-order valence-electron chi connectivity index (χ2n) is 5.40. The van der Waals surface area contributed by atoms with Crippen LogP contribution in [0.5, 0.6) is 11.5 Å². The summed E-state index contributed by atoms with van der Waals surface area (Å²) in [5.41, 5.74) is 2.16. The van der Waals surface area contributed by atoms with Crippen molar-refractivity contribution in [2.24, 2.45) is 0 Å². The van der Waals surface area contributed by atoms with Gasteiger partial charge in [-0.05, 0) is 37.6 Å². The highest BCUT2D eigenvalue weighted by molar-refractivity contribution is 5.90. The number of hydrogen-bond donors (Lipinski definition) is 2. The Bertz CT molecular complexity index is 703. The number of amides is 1. The Morgan fingerprint density at radius 3 is 2.71 bits per heavy atom. The molecule has 1 aromatic carbocycles. The van der Waals surface area contributed by atoms with Crippen LogP contribution in [0.3, 0.4) is 0 Å². The Hall–Kier alpha value is -2.60. The average Bonchev–Trinajstić information content (AvgIpc) is 2.59. The van der Waals surface area contributed by atoms with Gasteiger partial charge in [-0.15, -0.1) is 0 Å². The van der Waals surface area contributed by atoms with Crippen LogP contribution in [-0.4, -0.2) is 30.2 Å². The van der Waals surface area contributed by atoms with Gasteiger partial charge in [0.2, 0.25) is 5.91 Å². The molecular formula is C18H22N2O4. The molecule has 0 bridgehead atoms. The number of ether oxygens (including phenoxy) is 2. The van der Waals surface area contributed by atoms with E-state index in [0.717, 1.165) is 5.69 Å². The van der Waals surface area contributed by atoms with Crippen molar-refractivity contribution >= 4 is 11.6 Å². The molecule has 0 saturated heterocycles. The first kappa shape index (κ1) is 17.7. The number of benzene rings is 1. The standard InChI is InChI=1S/C18H22N2O4/c1-12-10-13(8-9-19-12)20-18(22)7-6-16(21)15-5-4-14(23-2)11-17(15)24-3/h4-5,8-11,16,21H,6-7H2,1-3H3,(H,19,20,22). The van der Waals surface area contributed by atoms with E-state index in [1.165, 1.54) is 7.11 Å². The third-order valence-corrected chi connectivity index (χ3v) is 3.62. The summed E-state index contributed by atoms with van der Waals surface area (Å²) in [6.45, 7) is 1.86. The van der Waals surface area contributed by atoms with Crippen molar-refractivity contribution in [1.29, 1.82) is 0 Å². The molecule has 24 heavy (non-hydrogen) atoms. The third-order valence-electron chi connectivity index (χ3n) is 3.62. The lowest BCUT2D eigenvalue weighted by Gasteiger charge is -2.15. The molecule has 1 unspecified atom stereocenters. The molecule has 0 aliphatic heterocycles. The van der Waals surface area contributed by atoms with E-state index < -0.39 is 6.10 Å². The topological polar surface area (TPSA) is 80.7 Å². The highest BCUT2D eigenvalue weighted by atomic mass is 16.5. The molecule has 0 fully saturated rings. The highest BCUT2D eigenvalue weighted by Gasteiger charge is 2.16. The maximum atomic E-state index is 12.0. The number of aryl methyl sites for hydroxylation is 1. The molecule has 128 valence electrons. The number of nitrogens with one attached hydrogen (secondary N) is 1. The Morgan fingerprint density at radius 2 is 2.04 bits per heavy atom. The maximum absolute atomic E-state index is 12.0. The molecular weight excluding hydrogens is 308 g/mol. The fourth-order valence-corrected chi connectivity index (χ4v) is 2.36. The van der Waals surface area contributed by atoms with Gasteiger partial charge in [-0.25, -0.2) is 0 Å². The fourth-order valence-electron chi connectivity index (χ4n) is 2.36. The Labute approximate surface area is 141 Å². The Kier molecular flexibility index (Phi) is 6.14. The second-order valence-corrected chi connectivity index (χ2v) is 5.40. The minimum absolute atomic E-state index is 0.160. The zero-order chi connectivity index (χ0) is 17.5. The van der Waals surface area contributed by atoms with Crippen molar-refractivity contribution in [3.8, 4) is 11.5 Å². The summed E-state index contributed by atoms with van der Waals surface area (Å²) < 4.78 is 10.4. The van der Waals surface area contributed by atoms with Crippen LogP contribution < -0.4 is 14.8 Å². The molecule has 1 atom stereocenters. The van der Waals surface area contributed by atoms with E-state index in [4.69, 9.17) is 9.47 Å². The van der Waals surface area contributed by atoms with Gasteiger partial charge >= 0.3 is 0 Å². The molecule has 1 amide bonds. The van der Waals surface area contributed by atoms with Gasteiger partial charge in [0.1, 0.15) is 11.5 Å². The van der Waals surface area contributed by atoms with E-state index in [0.29, 0.717) is 29.2 Å². The monoisotopic (exact) mass is 330 g/mol. The van der Waals surface area contributed by atoms with Crippen LogP contribution in [0.2, 0.25) is 0 Å². The van der Waals surface area contributed by atoms with Crippen LogP contribution in [0.1, 0.15) is 30.2 Å². The van der Waals surface area contributed by atoms with Crippen LogP contribution in [0, 0.1) is 6.92 Å². The maximum Gasteiger partial charge on any atom is 0.224 e. The molecule has 1 aromatic heterocycles. The van der Waals surface area contributed by atoms with E-state index in [2.05, 4.69) is 10.3 Å². The van der Waals surface area contributed by atoms with Crippen LogP contribution in [0.4, 0.5) is 5.69 Å². The molecule has 0 saturated carbocycles. The zero-order valence-corrected chi connectivity index (χ0v) is 14.1. The van der Waals surface area contributed by atoms with Gasteiger partial charge in [0.15, 0.2) is 0 Å². The smallest absolute Gasteiger partial charge is 0.224 e. The molecule has 0 aliphatic carbocycles. The highest BCUT2D eigenvalue weighted by Crippen LogP contribution is 2.31. The molecule has 2 N–H and O–H groups in total. The van der Waals surface area contributed by atoms with Gasteiger partial charge in [0.05, 0.1) is 20.3 Å². The SMILES string of the molecule is COc1ccc(C(O)CCC(=O)Nc2ccnc(C)c2)c(OC)c1. The van der Waals surface area contributed by atoms with Crippen LogP contribution in [-0.2, 0) is 4.79 Å². The Balaban J connectivity index is 1.95. The van der Waals surface area contributed by atoms with Gasteiger partial charge in [0.25, 0.3) is 0 Å². The number of carbonyl (C=O) groups excluding carboxylic acids is 1. The van der Waals surface area contributed by atoms with Crippen molar-refractivity contribution < 1.29 is 19.4 Å². The lowest BCUT2D eigenvalue weighted by molar-refractivity contribution is -0.116. The van der Waals surface area contributed by atoms with E-state index in [1.807, 2.05) is 6.92 Å². The Morgan fingerprint density at radius 1 is 1.25 bits per heavy atom. The number of pyridine rings is 1. The summed E-state index contributed by atoms with van der Waals surface area (Å²) >= 11 is 0. The second kappa shape index (κ2) is 8.31. The summed E-state index contributed by atoms with van der Waals surface area (Å²) in [5, 5.41) is 13.1. The van der Waals surface area contributed by atoms with Crippen molar-refractivity contribution in [1.82, 2.24) is 4.98 Å². The number of hydrogen-bond acceptors (Lipinski definition) is 5. The minimum Gasteiger partial charge on any atom is -0.497 e. The van der Waals surface area contributed by atoms with Gasteiger partial charge in [-0.3, -0.25) is 9.78 Å². The van der Waals surface area contributed by atoms with Crippen LogP contribution >= 0.6 is 0 Å². The lowest BCUT2D eigenvalue weighted by atomic mass is 10.0. The summed E-state index contributed by atoms with van der Waals surface area (Å²) in [6.07, 6.45) is 1.33. The van der Waals surface area contributed by atoms with Gasteiger partial charge in [0, 0.05) is 35.6 Å². The number of aromatic nitrogens is 1. The predicted octanol–water partition coefficient (Wildman–Crippen LogP) is 2.86. The van der Waals surface area contributed by atoms with E-state index >= 15 is 0 Å². The average molecular weight is 330 g/mol. The first-order chi connectivity index (χ1) is 11.5. The van der Waals surface area contributed by atoms with Gasteiger partial charge in [-0.2, -0.15) is 0 Å². The molecule has 6 heteroatoms. The molecule has 0 aliphatic rings. The molecule has 0 radical (unpaired) electrons. The fraction of sp³-hybridized carbons (Fsp3) is 0.333. The largest absolute Gasteiger partial charge is 0.497 e. The molecule has 6 nitrogen and oxygen atoms in total. The van der Waals surface area contributed by atoms with Gasteiger partial charge < -0.3 is 19.9 Å². The van der Waals surface area contributed by atoms with E-state index in [1.54, 1.807) is 43.6 Å². The van der Waals surface area contributed by atoms with Crippen molar-refractivity contribution in [3.05, 3.63) is 47.8 Å². The van der Waals surface area contributed by atoms with Crippen molar-refractivity contribution in [2.45, 2.75) is 25.9 Å². The number of rotatable bonds is 7. The lowest BCUT2D eigenvalue weighted by Crippen LogP contribution is -2.13. The van der Waals surface area contributed by atoms with Crippen LogP contribution in [0.15, 0.2) is 36.5 Å². The summed E-state index contributed by atoms with van der Waals surface area (Å²) in [4.78, 5) is 16.1. The minimum atomic E-state index is -0.796. The number of aliphatic hydroxyl groups excluding tert-OH is 1. The molecule has 2 rings (SSSR count). The van der Waals surface area contributed by atoms with E-state index in [-0.39, 0.29) is 12.3 Å². The first-order valence-electron chi connectivity index (χ1n) is 7.66. The summed E-state index contributed by atoms with van der Waals surface area (Å²) in [6, 6.07) is 8.72. The van der Waals surface area contributed by atoms with Crippen LogP contribution in [0.25, 0.3) is 0 Å². The quantitative estimate of drug-likeness (QED) is 0.816. The normalized spacial score (nSPS) is 11.7. The number of nitrogens with zero attached hydrogens (tertiary/aromatic N) is 1. The number of anilines is 1. The molecule has 0 spiro atoms.